The lowest BCUT2D eigenvalue weighted by Gasteiger charge is -2.23. The van der Waals surface area contributed by atoms with Crippen LogP contribution in [-0.2, 0) is 12.8 Å². The molecule has 17 rings (SSSR count). The zero-order valence-corrected chi connectivity index (χ0v) is 77.3. The van der Waals surface area contributed by atoms with Crippen LogP contribution in [0.1, 0.15) is 228 Å². The first-order valence-corrected chi connectivity index (χ1v) is 47.8. The highest BCUT2D eigenvalue weighted by Crippen LogP contribution is 2.46. The molecule has 0 amide bonds. The molecular formula is C111H125N15O3. The van der Waals surface area contributed by atoms with Gasteiger partial charge in [0, 0.05) is 0 Å². The Hall–Kier alpha value is -13.0. The molecule has 5 aromatic heterocycles. The summed E-state index contributed by atoms with van der Waals surface area (Å²) >= 11 is 0. The highest BCUT2D eigenvalue weighted by Gasteiger charge is 2.25. The quantitative estimate of drug-likeness (QED) is 0.0330. The summed E-state index contributed by atoms with van der Waals surface area (Å²) in [6.07, 6.45) is 31.4. The molecule has 17 aromatic rings. The molecule has 0 aliphatic carbocycles. The molecule has 12 aromatic carbocycles. The minimum Gasteiger partial charge on any atom is -0.494 e. The fourth-order valence-electron chi connectivity index (χ4n) is 18.3. The first-order chi connectivity index (χ1) is 63.3. The third-order valence-electron chi connectivity index (χ3n) is 25.5. The predicted molar refractivity (Wildman–Crippen MR) is 529 cm³/mol. The maximum atomic E-state index is 6.05. The second-order valence-electron chi connectivity index (χ2n) is 35.1. The van der Waals surface area contributed by atoms with Gasteiger partial charge in [0.1, 0.15) is 44.8 Å². The van der Waals surface area contributed by atoms with E-state index >= 15 is 0 Å². The van der Waals surface area contributed by atoms with Crippen molar-refractivity contribution < 1.29 is 14.2 Å². The van der Waals surface area contributed by atoms with Crippen molar-refractivity contribution in [3.63, 3.8) is 0 Å². The van der Waals surface area contributed by atoms with E-state index in [2.05, 4.69) is 257 Å². The average Bonchev–Trinajstić information content (AvgIpc) is 1.70. The fraction of sp³-hybridized carbons (Fsp3) is 0.351. The third kappa shape index (κ3) is 21.1. The predicted octanol–water partition coefficient (Wildman–Crippen LogP) is 28.6. The normalized spacial score (nSPS) is 11.6. The summed E-state index contributed by atoms with van der Waals surface area (Å²) in [4.78, 5) is 0. The van der Waals surface area contributed by atoms with E-state index in [4.69, 9.17) is 29.5 Å². The SMILES string of the molecule is CCCCCCCCc1cc(-c2ccc3nnn(-c4ccc(C)cc4)c3c2)c(CCCCCCCC)cc1-c1ccc2c(c1)nnn2-c1ccc(C)cc1.CCCCCCOc1ccc(-n2nnc3cc(-c4c(C)c(-c5ccc6c(c5)nnn6-c5ccc(OCCCCCC)cc5)c(C)c(-c5ccc6c(c5)nnn6-c5ccc(OCCCCCC)cc5)c4C)ccc32)cc1. The molecule has 0 N–H and O–H groups in total. The van der Waals surface area contributed by atoms with Gasteiger partial charge in [-0.05, 0) is 321 Å². The Balaban J connectivity index is 0.000000200. The Morgan fingerprint density at radius 2 is 0.481 bits per heavy atom. The van der Waals surface area contributed by atoms with Crippen LogP contribution >= 0.6 is 0 Å². The van der Waals surface area contributed by atoms with Gasteiger partial charge in [0.05, 0.1) is 75.8 Å². The first kappa shape index (κ1) is 89.4. The summed E-state index contributed by atoms with van der Waals surface area (Å²) in [6.45, 7) is 24.3. The van der Waals surface area contributed by atoms with Crippen molar-refractivity contribution >= 4 is 55.2 Å². The highest BCUT2D eigenvalue weighted by atomic mass is 16.5. The van der Waals surface area contributed by atoms with E-state index in [-0.39, 0.29) is 0 Å². The van der Waals surface area contributed by atoms with Crippen LogP contribution in [0.5, 0.6) is 17.2 Å². The number of nitrogens with zero attached hydrogens (tertiary/aromatic N) is 15. The monoisotopic (exact) mass is 1720 g/mol. The minimum absolute atomic E-state index is 0.720. The Morgan fingerprint density at radius 1 is 0.225 bits per heavy atom. The van der Waals surface area contributed by atoms with Gasteiger partial charge in [0.25, 0.3) is 0 Å². The topological polar surface area (TPSA) is 181 Å². The maximum absolute atomic E-state index is 6.05. The average molecular weight is 1720 g/mol. The fourth-order valence-corrected chi connectivity index (χ4v) is 18.3. The van der Waals surface area contributed by atoms with E-state index in [1.165, 1.54) is 179 Å². The van der Waals surface area contributed by atoms with E-state index in [0.29, 0.717) is 0 Å². The molecule has 0 atom stereocenters. The number of hydrogen-bond acceptors (Lipinski definition) is 13. The van der Waals surface area contributed by atoms with E-state index in [0.717, 1.165) is 203 Å². The van der Waals surface area contributed by atoms with Gasteiger partial charge in [-0.25, -0.2) is 23.4 Å². The van der Waals surface area contributed by atoms with Crippen molar-refractivity contribution in [2.75, 3.05) is 19.8 Å². The van der Waals surface area contributed by atoms with Gasteiger partial charge in [0.2, 0.25) is 0 Å². The standard InChI is InChI=1S/C63H69N9O3.C48H56N6/c1-7-10-13-16-37-73-52-28-22-49(23-29-52)70-58-34-19-46(40-55(58)64-67-70)61-43(4)62(47-20-35-59-56(41-47)65-68-71(59)50-24-30-53(31-25-50)74-38-17-14-11-8-2)45(6)63(44(61)5)48-21-36-60-57(42-48)66-69-72(60)51-26-32-54(33-27-51)75-39-18-15-12-9-3;1-5-7-9-11-13-15-17-37-32-44(40-23-29-45-48(34-40)54(51-49-45)42-27-21-36(4)22-28-42)38(18-16-14-12-10-8-6-2)31-43(37)39-24-30-47-46(33-39)50-52-53(47)41-25-19-35(3)20-26-41/h19-36,40-42H,7-18,37-39H2,1-6H3;19-34H,5-18H2,1-4H3. The van der Waals surface area contributed by atoms with Crippen molar-refractivity contribution in [1.29, 1.82) is 0 Å². The molecule has 0 unspecified atom stereocenters. The Labute approximate surface area is 760 Å². The molecule has 0 aliphatic rings. The third-order valence-corrected chi connectivity index (χ3v) is 25.5. The number of aromatic nitrogens is 15. The van der Waals surface area contributed by atoms with E-state index in [1.807, 2.05) is 96.2 Å². The number of unbranched alkanes of at least 4 members (excludes halogenated alkanes) is 19. The van der Waals surface area contributed by atoms with Crippen LogP contribution in [0.2, 0.25) is 0 Å². The molecule has 0 bridgehead atoms. The molecule has 0 aliphatic heterocycles. The minimum atomic E-state index is 0.720. The first-order valence-electron chi connectivity index (χ1n) is 47.8. The van der Waals surface area contributed by atoms with Gasteiger partial charge in [-0.2, -0.15) is 0 Å². The number of fused-ring (bicyclic) bond motifs is 5. The van der Waals surface area contributed by atoms with E-state index < -0.39 is 0 Å². The van der Waals surface area contributed by atoms with E-state index in [9.17, 15) is 0 Å². The molecule has 0 spiro atoms. The van der Waals surface area contributed by atoms with E-state index in [1.54, 1.807) is 0 Å². The van der Waals surface area contributed by atoms with Gasteiger partial charge in [-0.15, -0.1) is 25.5 Å². The van der Waals surface area contributed by atoms with Crippen LogP contribution in [0.15, 0.2) is 224 Å². The molecule has 0 saturated carbocycles. The lowest BCUT2D eigenvalue weighted by molar-refractivity contribution is 0.305. The molecular weight excluding hydrogens is 1590 g/mol. The summed E-state index contributed by atoms with van der Waals surface area (Å²) < 4.78 is 27.8. The summed E-state index contributed by atoms with van der Waals surface area (Å²) in [5, 5.41) is 46.5. The second-order valence-corrected chi connectivity index (χ2v) is 35.1. The van der Waals surface area contributed by atoms with Crippen molar-refractivity contribution in [2.45, 2.75) is 236 Å². The molecule has 0 fully saturated rings. The van der Waals surface area contributed by atoms with Crippen LogP contribution in [0.3, 0.4) is 0 Å². The van der Waals surface area contributed by atoms with Crippen molar-refractivity contribution in [3.8, 4) is 101 Å². The van der Waals surface area contributed by atoms with Gasteiger partial charge in [-0.1, -0.05) is 261 Å². The molecule has 129 heavy (non-hydrogen) atoms. The Morgan fingerprint density at radius 3 is 0.806 bits per heavy atom. The van der Waals surface area contributed by atoms with Gasteiger partial charge in [0.15, 0.2) is 0 Å². The van der Waals surface area contributed by atoms with Gasteiger partial charge >= 0.3 is 0 Å². The van der Waals surface area contributed by atoms with Crippen molar-refractivity contribution in [3.05, 3.63) is 263 Å². The van der Waals surface area contributed by atoms with Crippen molar-refractivity contribution in [2.24, 2.45) is 0 Å². The second kappa shape index (κ2) is 43.2. The van der Waals surface area contributed by atoms with Crippen LogP contribution in [0, 0.1) is 34.6 Å². The lowest BCUT2D eigenvalue weighted by atomic mass is 9.80. The lowest BCUT2D eigenvalue weighted by Crippen LogP contribution is -2.01. The number of ether oxygens (including phenoxy) is 3. The molecule has 0 radical (unpaired) electrons. The number of hydrogen-bond donors (Lipinski definition) is 0. The summed E-state index contributed by atoms with van der Waals surface area (Å²) in [7, 11) is 0. The molecule has 18 nitrogen and oxygen atoms in total. The van der Waals surface area contributed by atoms with Gasteiger partial charge in [-0.3, -0.25) is 0 Å². The molecule has 662 valence electrons. The summed E-state index contributed by atoms with van der Waals surface area (Å²) in [5.41, 5.74) is 34.3. The van der Waals surface area contributed by atoms with Crippen LogP contribution in [-0.4, -0.2) is 94.8 Å². The Bertz CT molecular complexity index is 6180. The number of aryl methyl sites for hydroxylation is 4. The molecule has 18 heteroatoms. The smallest absolute Gasteiger partial charge is 0.119 e. The summed E-state index contributed by atoms with van der Waals surface area (Å²) in [6, 6.07) is 79.3. The molecule has 5 heterocycles. The number of rotatable bonds is 42. The molecule has 0 saturated heterocycles. The largest absolute Gasteiger partial charge is 0.494 e. The summed E-state index contributed by atoms with van der Waals surface area (Å²) in [5.74, 6) is 2.58. The Kier molecular flexibility index (Phi) is 30.0. The maximum Gasteiger partial charge on any atom is 0.119 e. The zero-order valence-electron chi connectivity index (χ0n) is 77.3. The highest BCUT2D eigenvalue weighted by molar-refractivity contribution is 5.97. The van der Waals surface area contributed by atoms with Crippen LogP contribution < -0.4 is 14.2 Å². The van der Waals surface area contributed by atoms with Crippen molar-refractivity contribution in [1.82, 2.24) is 75.0 Å². The number of benzene rings is 12. The van der Waals surface area contributed by atoms with Crippen LogP contribution in [0.4, 0.5) is 0 Å². The van der Waals surface area contributed by atoms with Crippen LogP contribution in [0.25, 0.3) is 139 Å². The van der Waals surface area contributed by atoms with Gasteiger partial charge < -0.3 is 14.2 Å². The zero-order chi connectivity index (χ0) is 89.0.